The minimum absolute atomic E-state index is 0.745. The normalized spacial score (nSPS) is 10.4. The van der Waals surface area contributed by atoms with E-state index < -0.39 is 0 Å². The van der Waals surface area contributed by atoms with E-state index in [0.717, 1.165) is 30.1 Å². The largest absolute Gasteiger partial charge is 0.306 e. The molecule has 88 valence electrons. The maximum Gasteiger partial charge on any atom is 0.107 e. The van der Waals surface area contributed by atoms with Crippen molar-refractivity contribution in [3.05, 3.63) is 38.0 Å². The number of thiophene rings is 1. The molecule has 0 bridgehead atoms. The molecule has 0 amide bonds. The van der Waals surface area contributed by atoms with Crippen molar-refractivity contribution in [3.63, 3.8) is 0 Å². The van der Waals surface area contributed by atoms with E-state index in [9.17, 15) is 0 Å². The lowest BCUT2D eigenvalue weighted by Crippen LogP contribution is -2.11. The van der Waals surface area contributed by atoms with Gasteiger partial charge < -0.3 is 5.32 Å². The Morgan fingerprint density at radius 1 is 1.41 bits per heavy atom. The Hall–Kier alpha value is -1.22. The molecule has 1 N–H and O–H groups in total. The first-order chi connectivity index (χ1) is 8.31. The second kappa shape index (κ2) is 5.92. The molecule has 0 saturated heterocycles. The molecule has 2 heterocycles. The van der Waals surface area contributed by atoms with Gasteiger partial charge in [0, 0.05) is 34.4 Å². The van der Waals surface area contributed by atoms with Crippen LogP contribution in [0.1, 0.15) is 27.2 Å². The molecule has 0 aromatic carbocycles. The maximum absolute atomic E-state index is 8.71. The van der Waals surface area contributed by atoms with E-state index in [4.69, 9.17) is 5.26 Å². The van der Waals surface area contributed by atoms with Gasteiger partial charge in [0.1, 0.15) is 11.1 Å². The first-order valence-corrected chi connectivity index (χ1v) is 7.13. The zero-order chi connectivity index (χ0) is 12.1. The van der Waals surface area contributed by atoms with E-state index in [-0.39, 0.29) is 0 Å². The Morgan fingerprint density at radius 2 is 2.29 bits per heavy atom. The number of nitrogens with zero attached hydrogens (tertiary/aromatic N) is 2. The van der Waals surface area contributed by atoms with Crippen LogP contribution in [0, 0.1) is 11.3 Å². The number of hydrogen-bond acceptors (Lipinski definition) is 5. The van der Waals surface area contributed by atoms with Crippen LogP contribution in [0.15, 0.2) is 17.6 Å². The molecule has 2 aromatic heterocycles. The number of nitrogens with one attached hydrogen (secondary N) is 1. The lowest BCUT2D eigenvalue weighted by molar-refractivity contribution is 0.697. The molecule has 0 aliphatic carbocycles. The molecule has 0 fully saturated rings. The number of aromatic nitrogens is 1. The van der Waals surface area contributed by atoms with Crippen molar-refractivity contribution in [2.45, 2.75) is 26.4 Å². The first-order valence-electron chi connectivity index (χ1n) is 5.43. The van der Waals surface area contributed by atoms with E-state index in [1.807, 2.05) is 17.6 Å². The summed E-state index contributed by atoms with van der Waals surface area (Å²) in [5.74, 6) is 0. The minimum Gasteiger partial charge on any atom is -0.306 e. The monoisotopic (exact) mass is 263 g/mol. The zero-order valence-corrected chi connectivity index (χ0v) is 11.2. The van der Waals surface area contributed by atoms with Gasteiger partial charge in [0.15, 0.2) is 0 Å². The number of nitriles is 1. The summed E-state index contributed by atoms with van der Waals surface area (Å²) in [6.07, 6.45) is 2.99. The summed E-state index contributed by atoms with van der Waals surface area (Å²) in [5.41, 5.74) is 0.745. The molecule has 2 rings (SSSR count). The van der Waals surface area contributed by atoms with Crippen LogP contribution in [0.2, 0.25) is 0 Å². The molecular formula is C12H13N3S2. The lowest BCUT2D eigenvalue weighted by Gasteiger charge is -1.98. The third-order valence-corrected chi connectivity index (χ3v) is 4.39. The van der Waals surface area contributed by atoms with E-state index >= 15 is 0 Å². The molecule has 0 aliphatic rings. The van der Waals surface area contributed by atoms with Gasteiger partial charge in [-0.15, -0.1) is 22.7 Å². The molecule has 0 atom stereocenters. The summed E-state index contributed by atoms with van der Waals surface area (Å²) in [4.78, 5) is 6.86. The quantitative estimate of drug-likeness (QED) is 0.902. The van der Waals surface area contributed by atoms with Crippen molar-refractivity contribution < 1.29 is 0 Å². The van der Waals surface area contributed by atoms with Crippen molar-refractivity contribution >= 4 is 22.7 Å². The van der Waals surface area contributed by atoms with Gasteiger partial charge in [0.25, 0.3) is 0 Å². The fourth-order valence-corrected chi connectivity index (χ4v) is 3.03. The van der Waals surface area contributed by atoms with E-state index in [1.165, 1.54) is 9.75 Å². The van der Waals surface area contributed by atoms with Gasteiger partial charge in [-0.1, -0.05) is 6.92 Å². The number of rotatable bonds is 5. The molecular weight excluding hydrogens is 250 g/mol. The molecule has 17 heavy (non-hydrogen) atoms. The van der Waals surface area contributed by atoms with Gasteiger partial charge in [-0.25, -0.2) is 4.98 Å². The lowest BCUT2D eigenvalue weighted by atomic mass is 10.3. The molecule has 0 spiro atoms. The number of thiazole rings is 1. The Morgan fingerprint density at radius 3 is 2.94 bits per heavy atom. The summed E-state index contributed by atoms with van der Waals surface area (Å²) in [6, 6.07) is 4.07. The standard InChI is InChI=1S/C12H13N3S2/c1-2-10-6-15-12(17-10)7-14-5-11-3-9(4-13)8-16-11/h3,6,8,14H,2,5,7H2,1H3. The van der Waals surface area contributed by atoms with E-state index in [0.29, 0.717) is 0 Å². The van der Waals surface area contributed by atoms with Crippen molar-refractivity contribution in [2.75, 3.05) is 0 Å². The van der Waals surface area contributed by atoms with E-state index in [1.54, 1.807) is 22.7 Å². The van der Waals surface area contributed by atoms with Crippen molar-refractivity contribution in [1.29, 1.82) is 5.26 Å². The Balaban J connectivity index is 1.81. The predicted octanol–water partition coefficient (Wildman–Crippen LogP) is 2.93. The summed E-state index contributed by atoms with van der Waals surface area (Å²) in [5, 5.41) is 15.1. The average molecular weight is 263 g/mol. The topological polar surface area (TPSA) is 48.7 Å². The summed E-state index contributed by atoms with van der Waals surface area (Å²) in [7, 11) is 0. The van der Waals surface area contributed by atoms with Crippen LogP contribution in [-0.2, 0) is 19.5 Å². The molecule has 0 aliphatic heterocycles. The van der Waals surface area contributed by atoms with Crippen LogP contribution >= 0.6 is 22.7 Å². The highest BCUT2D eigenvalue weighted by Crippen LogP contribution is 2.15. The second-order valence-corrected chi connectivity index (χ2v) is 5.79. The highest BCUT2D eigenvalue weighted by atomic mass is 32.1. The van der Waals surface area contributed by atoms with Gasteiger partial charge in [0.2, 0.25) is 0 Å². The predicted molar refractivity (Wildman–Crippen MR) is 71.1 cm³/mol. The van der Waals surface area contributed by atoms with Gasteiger partial charge in [-0.2, -0.15) is 5.26 Å². The third kappa shape index (κ3) is 3.37. The highest BCUT2D eigenvalue weighted by Gasteiger charge is 2.01. The molecule has 3 nitrogen and oxygen atoms in total. The molecule has 2 aromatic rings. The Bertz CT molecular complexity index is 522. The summed E-state index contributed by atoms with van der Waals surface area (Å²) >= 11 is 3.37. The second-order valence-electron chi connectivity index (χ2n) is 3.59. The van der Waals surface area contributed by atoms with Gasteiger partial charge in [0.05, 0.1) is 5.56 Å². The van der Waals surface area contributed by atoms with E-state index in [2.05, 4.69) is 23.3 Å². The van der Waals surface area contributed by atoms with Gasteiger partial charge in [-0.05, 0) is 12.5 Å². The molecule has 0 saturated carbocycles. The smallest absolute Gasteiger partial charge is 0.107 e. The van der Waals surface area contributed by atoms with Crippen LogP contribution in [-0.4, -0.2) is 4.98 Å². The van der Waals surface area contributed by atoms with Crippen molar-refractivity contribution in [1.82, 2.24) is 10.3 Å². The third-order valence-electron chi connectivity index (χ3n) is 2.31. The Labute approximate surface area is 109 Å². The van der Waals surface area contributed by atoms with Gasteiger partial charge >= 0.3 is 0 Å². The minimum atomic E-state index is 0.745. The number of hydrogen-bond donors (Lipinski definition) is 1. The fourth-order valence-electron chi connectivity index (χ4n) is 1.42. The SMILES string of the molecule is CCc1cnc(CNCc2cc(C#N)cs2)s1. The van der Waals surface area contributed by atoms with Crippen LogP contribution in [0.4, 0.5) is 0 Å². The van der Waals surface area contributed by atoms with Crippen LogP contribution in [0.3, 0.4) is 0 Å². The summed E-state index contributed by atoms with van der Waals surface area (Å²) in [6.45, 7) is 3.73. The van der Waals surface area contributed by atoms with Gasteiger partial charge in [-0.3, -0.25) is 0 Å². The van der Waals surface area contributed by atoms with Crippen LogP contribution in [0.25, 0.3) is 0 Å². The van der Waals surface area contributed by atoms with Crippen LogP contribution < -0.4 is 5.32 Å². The average Bonchev–Trinajstić information content (AvgIpc) is 2.97. The molecule has 5 heteroatoms. The Kier molecular flexibility index (Phi) is 4.26. The zero-order valence-electron chi connectivity index (χ0n) is 9.56. The first kappa shape index (κ1) is 12.2. The fraction of sp³-hybridized carbons (Fsp3) is 0.333. The van der Waals surface area contributed by atoms with Crippen molar-refractivity contribution in [3.8, 4) is 6.07 Å². The van der Waals surface area contributed by atoms with Crippen molar-refractivity contribution in [2.24, 2.45) is 0 Å². The molecule has 0 unspecified atom stereocenters. The maximum atomic E-state index is 8.71. The highest BCUT2D eigenvalue weighted by molar-refractivity contribution is 7.11. The summed E-state index contributed by atoms with van der Waals surface area (Å²) < 4.78 is 0. The van der Waals surface area contributed by atoms with Crippen LogP contribution in [0.5, 0.6) is 0 Å². The number of aryl methyl sites for hydroxylation is 1. The molecule has 0 radical (unpaired) electrons.